The molecular formula is C33H43N3O5S. The van der Waals surface area contributed by atoms with Gasteiger partial charge in [-0.1, -0.05) is 61.4 Å². The van der Waals surface area contributed by atoms with Crippen molar-refractivity contribution in [3.63, 3.8) is 0 Å². The molecule has 0 fully saturated rings. The Morgan fingerprint density at radius 3 is 2.05 bits per heavy atom. The van der Waals surface area contributed by atoms with Gasteiger partial charge in [-0.05, 0) is 82.0 Å². The van der Waals surface area contributed by atoms with Gasteiger partial charge in [-0.15, -0.1) is 0 Å². The van der Waals surface area contributed by atoms with Crippen LogP contribution in [0.25, 0.3) is 0 Å². The summed E-state index contributed by atoms with van der Waals surface area (Å²) in [6, 6.07) is 18.4. The topological polar surface area (TPSA) is 96.0 Å². The molecule has 0 aliphatic heterocycles. The van der Waals surface area contributed by atoms with E-state index in [4.69, 9.17) is 4.74 Å². The smallest absolute Gasteiger partial charge is 0.264 e. The monoisotopic (exact) mass is 593 g/mol. The summed E-state index contributed by atoms with van der Waals surface area (Å²) in [5, 5.41) is 3.00. The van der Waals surface area contributed by atoms with Gasteiger partial charge in [-0.25, -0.2) is 8.42 Å². The Morgan fingerprint density at radius 1 is 0.881 bits per heavy atom. The molecule has 3 rings (SSSR count). The van der Waals surface area contributed by atoms with E-state index in [1.165, 1.54) is 4.90 Å². The predicted molar refractivity (Wildman–Crippen MR) is 167 cm³/mol. The molecule has 0 saturated heterocycles. The fraction of sp³-hybridized carbons (Fsp3) is 0.394. The number of aryl methyl sites for hydroxylation is 3. The van der Waals surface area contributed by atoms with Crippen molar-refractivity contribution in [2.75, 3.05) is 18.0 Å². The highest BCUT2D eigenvalue weighted by atomic mass is 32.2. The van der Waals surface area contributed by atoms with Gasteiger partial charge >= 0.3 is 0 Å². The average molecular weight is 594 g/mol. The normalized spacial score (nSPS) is 12.7. The van der Waals surface area contributed by atoms with E-state index < -0.39 is 28.5 Å². The maximum Gasteiger partial charge on any atom is 0.264 e. The number of amides is 2. The van der Waals surface area contributed by atoms with Crippen LogP contribution in [-0.4, -0.2) is 50.9 Å². The molecule has 0 aromatic heterocycles. The second-order valence-corrected chi connectivity index (χ2v) is 12.6. The Morgan fingerprint density at radius 2 is 1.50 bits per heavy atom. The molecule has 226 valence electrons. The maximum absolute atomic E-state index is 14.2. The SMILES string of the molecule is CC[C@H](C)NC(=O)[C@H](CC)N(Cc1ccc(OC)cc1)C(=O)CN(c1ccc(C)cc1C)S(=O)(=O)c1ccc(C)cc1. The number of carbonyl (C=O) groups is 2. The van der Waals surface area contributed by atoms with E-state index in [-0.39, 0.29) is 23.4 Å². The summed E-state index contributed by atoms with van der Waals surface area (Å²) >= 11 is 0. The van der Waals surface area contributed by atoms with E-state index in [0.717, 1.165) is 33.0 Å². The van der Waals surface area contributed by atoms with Gasteiger partial charge in [0.05, 0.1) is 17.7 Å². The van der Waals surface area contributed by atoms with E-state index >= 15 is 0 Å². The molecule has 0 aliphatic carbocycles. The Balaban J connectivity index is 2.09. The fourth-order valence-corrected chi connectivity index (χ4v) is 6.20. The molecule has 0 unspecified atom stereocenters. The second kappa shape index (κ2) is 14.4. The molecule has 42 heavy (non-hydrogen) atoms. The Labute approximate surface area is 250 Å². The van der Waals surface area contributed by atoms with E-state index in [0.29, 0.717) is 17.9 Å². The summed E-state index contributed by atoms with van der Waals surface area (Å²) in [5.74, 6) is -0.0794. The van der Waals surface area contributed by atoms with Crippen LogP contribution in [0, 0.1) is 20.8 Å². The molecule has 0 spiro atoms. The highest BCUT2D eigenvalue weighted by molar-refractivity contribution is 7.92. The molecule has 2 atom stereocenters. The van der Waals surface area contributed by atoms with Crippen LogP contribution in [0.4, 0.5) is 5.69 Å². The minimum Gasteiger partial charge on any atom is -0.497 e. The first-order chi connectivity index (χ1) is 19.9. The summed E-state index contributed by atoms with van der Waals surface area (Å²) in [7, 11) is -2.55. The summed E-state index contributed by atoms with van der Waals surface area (Å²) in [6.45, 7) is 11.0. The van der Waals surface area contributed by atoms with Crippen molar-refractivity contribution in [2.45, 2.75) is 77.9 Å². The molecule has 9 heteroatoms. The van der Waals surface area contributed by atoms with Crippen LogP contribution in [0.2, 0.25) is 0 Å². The average Bonchev–Trinajstić information content (AvgIpc) is 2.96. The van der Waals surface area contributed by atoms with Crippen molar-refractivity contribution in [2.24, 2.45) is 0 Å². The maximum atomic E-state index is 14.2. The number of hydrogen-bond acceptors (Lipinski definition) is 5. The van der Waals surface area contributed by atoms with Gasteiger partial charge in [0, 0.05) is 12.6 Å². The van der Waals surface area contributed by atoms with E-state index in [9.17, 15) is 18.0 Å². The first kappa shape index (κ1) is 32.7. The summed E-state index contributed by atoms with van der Waals surface area (Å²) < 4.78 is 34.6. The summed E-state index contributed by atoms with van der Waals surface area (Å²) in [5.41, 5.74) is 3.83. The number of sulfonamides is 1. The number of anilines is 1. The fourth-order valence-electron chi connectivity index (χ4n) is 4.72. The van der Waals surface area contributed by atoms with Crippen molar-refractivity contribution in [1.82, 2.24) is 10.2 Å². The van der Waals surface area contributed by atoms with Gasteiger partial charge in [0.2, 0.25) is 11.8 Å². The highest BCUT2D eigenvalue weighted by Crippen LogP contribution is 2.29. The zero-order chi connectivity index (χ0) is 31.0. The quantitative estimate of drug-likeness (QED) is 0.281. The van der Waals surface area contributed by atoms with Crippen LogP contribution < -0.4 is 14.4 Å². The molecule has 0 saturated carbocycles. The lowest BCUT2D eigenvalue weighted by molar-refractivity contribution is -0.140. The number of nitrogens with one attached hydrogen (secondary N) is 1. The number of carbonyl (C=O) groups excluding carboxylic acids is 2. The largest absolute Gasteiger partial charge is 0.497 e. The third kappa shape index (κ3) is 7.91. The Kier molecular flexibility index (Phi) is 11.2. The number of benzene rings is 3. The first-order valence-electron chi connectivity index (χ1n) is 14.3. The first-order valence-corrected chi connectivity index (χ1v) is 15.7. The molecule has 3 aromatic carbocycles. The van der Waals surface area contributed by atoms with Gasteiger partial charge < -0.3 is 15.0 Å². The summed E-state index contributed by atoms with van der Waals surface area (Å²) in [4.78, 5) is 29.2. The zero-order valence-electron chi connectivity index (χ0n) is 25.7. The van der Waals surface area contributed by atoms with Gasteiger partial charge in [-0.2, -0.15) is 0 Å². The Bertz CT molecular complexity index is 1470. The van der Waals surface area contributed by atoms with Crippen LogP contribution in [0.5, 0.6) is 5.75 Å². The number of nitrogens with zero attached hydrogens (tertiary/aromatic N) is 2. The van der Waals surface area contributed by atoms with Crippen molar-refractivity contribution >= 4 is 27.5 Å². The molecule has 0 aliphatic rings. The Hall–Kier alpha value is -3.85. The standard InChI is InChI=1S/C33H43N3O5S/c1-8-26(6)34-33(38)30(9-2)35(21-27-13-15-28(41-7)16-14-27)32(37)22-36(31-19-12-24(4)20-25(31)5)42(39,40)29-17-10-23(3)11-18-29/h10-20,26,30H,8-9,21-22H2,1-7H3,(H,34,38)/t26-,30-/m0/s1. The van der Waals surface area contributed by atoms with Gasteiger partial charge in [-0.3, -0.25) is 13.9 Å². The van der Waals surface area contributed by atoms with Crippen LogP contribution in [0.1, 0.15) is 55.9 Å². The van der Waals surface area contributed by atoms with Gasteiger partial charge in [0.15, 0.2) is 0 Å². The third-order valence-electron chi connectivity index (χ3n) is 7.41. The van der Waals surface area contributed by atoms with Gasteiger partial charge in [0.25, 0.3) is 10.0 Å². The van der Waals surface area contributed by atoms with Crippen LogP contribution in [0.3, 0.4) is 0 Å². The third-order valence-corrected chi connectivity index (χ3v) is 9.18. The molecule has 0 radical (unpaired) electrons. The van der Waals surface area contributed by atoms with E-state index in [1.807, 2.05) is 65.8 Å². The molecule has 3 aromatic rings. The zero-order valence-corrected chi connectivity index (χ0v) is 26.5. The number of methoxy groups -OCH3 is 1. The number of rotatable bonds is 13. The van der Waals surface area contributed by atoms with E-state index in [2.05, 4.69) is 5.32 Å². The van der Waals surface area contributed by atoms with Crippen molar-refractivity contribution in [3.05, 3.63) is 89.0 Å². The van der Waals surface area contributed by atoms with Crippen LogP contribution >= 0.6 is 0 Å². The number of ether oxygens (including phenoxy) is 1. The second-order valence-electron chi connectivity index (χ2n) is 10.7. The minimum atomic E-state index is -4.12. The lowest BCUT2D eigenvalue weighted by Crippen LogP contribution is -2.53. The van der Waals surface area contributed by atoms with Crippen molar-refractivity contribution < 1.29 is 22.7 Å². The predicted octanol–water partition coefficient (Wildman–Crippen LogP) is 5.54. The lowest BCUT2D eigenvalue weighted by atomic mass is 10.1. The molecule has 8 nitrogen and oxygen atoms in total. The van der Waals surface area contributed by atoms with Crippen LogP contribution in [0.15, 0.2) is 71.6 Å². The van der Waals surface area contributed by atoms with Gasteiger partial charge in [0.1, 0.15) is 18.3 Å². The van der Waals surface area contributed by atoms with Crippen molar-refractivity contribution in [3.8, 4) is 5.75 Å². The van der Waals surface area contributed by atoms with Crippen molar-refractivity contribution in [1.29, 1.82) is 0 Å². The minimum absolute atomic E-state index is 0.0712. The molecule has 0 heterocycles. The molecule has 2 amide bonds. The molecule has 0 bridgehead atoms. The van der Waals surface area contributed by atoms with E-state index in [1.54, 1.807) is 49.6 Å². The lowest BCUT2D eigenvalue weighted by Gasteiger charge is -2.34. The molecule has 1 N–H and O–H groups in total. The highest BCUT2D eigenvalue weighted by Gasteiger charge is 2.34. The number of hydrogen-bond donors (Lipinski definition) is 1. The molecular weight excluding hydrogens is 550 g/mol. The summed E-state index contributed by atoms with van der Waals surface area (Å²) in [6.07, 6.45) is 1.10. The van der Waals surface area contributed by atoms with Crippen LogP contribution in [-0.2, 0) is 26.2 Å².